The summed E-state index contributed by atoms with van der Waals surface area (Å²) in [4.78, 5) is 0. The number of methoxy groups -OCH3 is 2. The Bertz CT molecular complexity index is 2710. The van der Waals surface area contributed by atoms with Crippen LogP contribution < -0.4 is 9.47 Å². The fraction of sp³-hybridized carbons (Fsp3) is 0.0435. The number of phenolic OH excluding ortho intramolecular Hbond substituents is 4. The zero-order valence-electron chi connectivity index (χ0n) is 32.5. The Labute approximate surface area is 359 Å². The van der Waals surface area contributed by atoms with Crippen LogP contribution in [0.3, 0.4) is 0 Å². The maximum atomic E-state index is 10.2. The van der Waals surface area contributed by atoms with E-state index in [0.717, 1.165) is 33.0 Å². The van der Waals surface area contributed by atoms with Crippen molar-refractivity contribution < 1.29 is 46.7 Å². The normalized spacial score (nSPS) is 11.3. The van der Waals surface area contributed by atoms with Crippen molar-refractivity contribution in [3.63, 3.8) is 0 Å². The Balaban J connectivity index is 0.000000201. The minimum Gasteiger partial charge on any atom is -0.506 e. The van der Waals surface area contributed by atoms with Crippen LogP contribution in [-0.4, -0.2) is 34.6 Å². The van der Waals surface area contributed by atoms with Crippen molar-refractivity contribution in [1.29, 1.82) is 0 Å². The molecule has 0 aliphatic carbocycles. The van der Waals surface area contributed by atoms with Gasteiger partial charge in [-0.2, -0.15) is 20.5 Å². The van der Waals surface area contributed by atoms with Crippen LogP contribution in [0.5, 0.6) is 34.5 Å². The summed E-state index contributed by atoms with van der Waals surface area (Å²) in [6, 6.07) is 45.4. The summed E-state index contributed by atoms with van der Waals surface area (Å²) >= 11 is 0. The quantitative estimate of drug-likeness (QED) is 0.0986. The molecular weight excluding hydrogens is 819 g/mol. The number of hydrogen-bond donors (Lipinski definition) is 4. The molecule has 61 heavy (non-hydrogen) atoms. The first-order chi connectivity index (χ1) is 29.3. The number of hydrogen-bond acceptors (Lipinski definition) is 14. The zero-order chi connectivity index (χ0) is 41.8. The number of phenols is 4. The molecule has 0 aromatic heterocycles. The van der Waals surface area contributed by atoms with E-state index >= 15 is 0 Å². The maximum absolute atomic E-state index is 10.2. The number of rotatable bonds is 10. The van der Waals surface area contributed by atoms with E-state index in [1.54, 1.807) is 111 Å². The molecule has 305 valence electrons. The van der Waals surface area contributed by atoms with Gasteiger partial charge in [0.05, 0.1) is 37.0 Å². The largest absolute Gasteiger partial charge is 0.506 e. The van der Waals surface area contributed by atoms with Crippen LogP contribution in [0, 0.1) is 0 Å². The smallest absolute Gasteiger partial charge is 0.143 e. The third-order valence-corrected chi connectivity index (χ3v) is 8.90. The van der Waals surface area contributed by atoms with E-state index in [0.29, 0.717) is 34.1 Å². The van der Waals surface area contributed by atoms with Gasteiger partial charge in [0, 0.05) is 27.6 Å². The van der Waals surface area contributed by atoms with Crippen molar-refractivity contribution in [2.24, 2.45) is 40.9 Å². The topological polar surface area (TPSA) is 198 Å². The Morgan fingerprint density at radius 1 is 0.344 bits per heavy atom. The molecule has 0 saturated carbocycles. The number of fused-ring (bicyclic) bond motifs is 2. The van der Waals surface area contributed by atoms with E-state index < -0.39 is 0 Å². The molecule has 0 heterocycles. The Kier molecular flexibility index (Phi) is 14.0. The van der Waals surface area contributed by atoms with Crippen molar-refractivity contribution >= 4 is 67.0 Å². The fourth-order valence-electron chi connectivity index (χ4n) is 5.74. The first-order valence-electron chi connectivity index (χ1n) is 18.3. The first-order valence-corrected chi connectivity index (χ1v) is 18.3. The molecule has 4 N–H and O–H groups in total. The van der Waals surface area contributed by atoms with Gasteiger partial charge in [-0.3, -0.25) is 0 Å². The summed E-state index contributed by atoms with van der Waals surface area (Å²) in [5, 5.41) is 77.3. The number of nitrogens with zero attached hydrogens (tertiary/aromatic N) is 8. The van der Waals surface area contributed by atoms with Crippen LogP contribution in [0.2, 0.25) is 0 Å². The van der Waals surface area contributed by atoms with Gasteiger partial charge >= 0.3 is 0 Å². The molecule has 8 aromatic rings. The van der Waals surface area contributed by atoms with Crippen molar-refractivity contribution in [2.75, 3.05) is 14.2 Å². The van der Waals surface area contributed by atoms with Crippen molar-refractivity contribution in [3.05, 3.63) is 158 Å². The van der Waals surface area contributed by atoms with E-state index in [9.17, 15) is 20.4 Å². The van der Waals surface area contributed by atoms with Gasteiger partial charge in [0.2, 0.25) is 0 Å². The van der Waals surface area contributed by atoms with Crippen molar-refractivity contribution in [3.8, 4) is 34.5 Å². The van der Waals surface area contributed by atoms with Crippen LogP contribution >= 0.6 is 0 Å². The summed E-state index contributed by atoms with van der Waals surface area (Å²) in [6.45, 7) is 0. The standard InChI is InChI=1S/2C23H18N4O3.Co/c2*1-30-18-10-7-16(8-11-18)24-25-17-9-13-21(28)20(14-17)26-27-23-19-5-3-2-4-15(19)6-12-22(23)29;/h2*2-14,28-29H,1H3;. The van der Waals surface area contributed by atoms with Crippen LogP contribution in [0.1, 0.15) is 0 Å². The van der Waals surface area contributed by atoms with Gasteiger partial charge in [0.15, 0.2) is 0 Å². The second kappa shape index (κ2) is 20.1. The molecule has 0 fully saturated rings. The molecule has 1 radical (unpaired) electrons. The molecule has 0 spiro atoms. The van der Waals surface area contributed by atoms with Gasteiger partial charge in [-0.25, -0.2) is 0 Å². The Morgan fingerprint density at radius 3 is 1.08 bits per heavy atom. The van der Waals surface area contributed by atoms with Gasteiger partial charge in [-0.1, -0.05) is 60.7 Å². The molecule has 15 heteroatoms. The number of azo groups is 4. The summed E-state index contributed by atoms with van der Waals surface area (Å²) in [6.07, 6.45) is 0. The molecule has 0 aliphatic heterocycles. The minimum atomic E-state index is -0.0538. The van der Waals surface area contributed by atoms with Crippen molar-refractivity contribution in [1.82, 2.24) is 0 Å². The molecule has 0 aliphatic rings. The first kappa shape index (κ1) is 42.6. The van der Waals surface area contributed by atoms with E-state index in [2.05, 4.69) is 40.9 Å². The predicted octanol–water partition coefficient (Wildman–Crippen LogP) is 14.2. The van der Waals surface area contributed by atoms with Crippen LogP contribution in [0.4, 0.5) is 45.5 Å². The molecule has 8 rings (SSSR count). The van der Waals surface area contributed by atoms with Crippen LogP contribution in [0.25, 0.3) is 21.5 Å². The molecular formula is C46H36CoN8O6. The Morgan fingerprint density at radius 2 is 0.689 bits per heavy atom. The average Bonchev–Trinajstić information content (AvgIpc) is 3.29. The summed E-state index contributed by atoms with van der Waals surface area (Å²) in [5.74, 6) is 1.37. The minimum absolute atomic E-state index is 0. The SMILES string of the molecule is COc1ccc(N=Nc2ccc(O)c(N=Nc3c(O)ccc4ccccc34)c2)cc1.COc1ccc(N=Nc2ccc(O)c(N=Nc3c(O)ccc4ccccc34)c2)cc1.[Co]. The second-order valence-electron chi connectivity index (χ2n) is 12.9. The maximum Gasteiger partial charge on any atom is 0.143 e. The second-order valence-corrected chi connectivity index (χ2v) is 12.9. The molecule has 0 unspecified atom stereocenters. The molecule has 0 bridgehead atoms. The Hall–Kier alpha value is -8.01. The summed E-state index contributed by atoms with van der Waals surface area (Å²) < 4.78 is 10.2. The van der Waals surface area contributed by atoms with Gasteiger partial charge in [-0.15, -0.1) is 20.5 Å². The zero-order valence-corrected chi connectivity index (χ0v) is 33.6. The van der Waals surface area contributed by atoms with E-state index in [4.69, 9.17) is 9.47 Å². The third-order valence-electron chi connectivity index (χ3n) is 8.90. The van der Waals surface area contributed by atoms with Gasteiger partial charge in [0.25, 0.3) is 0 Å². The summed E-state index contributed by atoms with van der Waals surface area (Å²) in [7, 11) is 3.20. The van der Waals surface area contributed by atoms with Crippen LogP contribution in [-0.2, 0) is 16.8 Å². The number of ether oxygens (including phenoxy) is 2. The van der Waals surface area contributed by atoms with Crippen molar-refractivity contribution in [2.45, 2.75) is 0 Å². The molecule has 8 aromatic carbocycles. The fourth-order valence-corrected chi connectivity index (χ4v) is 5.74. The van der Waals surface area contributed by atoms with E-state index in [1.165, 1.54) is 12.1 Å². The molecule has 0 amide bonds. The molecule has 14 nitrogen and oxygen atoms in total. The monoisotopic (exact) mass is 855 g/mol. The predicted molar refractivity (Wildman–Crippen MR) is 230 cm³/mol. The van der Waals surface area contributed by atoms with Gasteiger partial charge in [0.1, 0.15) is 57.2 Å². The van der Waals surface area contributed by atoms with Gasteiger partial charge in [-0.05, 0) is 108 Å². The molecule has 0 atom stereocenters. The average molecular weight is 856 g/mol. The van der Waals surface area contributed by atoms with Gasteiger partial charge < -0.3 is 29.9 Å². The number of benzene rings is 8. The third kappa shape index (κ3) is 10.7. The molecule has 0 saturated heterocycles. The van der Waals surface area contributed by atoms with E-state index in [1.807, 2.05) is 48.5 Å². The van der Waals surface area contributed by atoms with Crippen LogP contribution in [0.15, 0.2) is 199 Å². The summed E-state index contributed by atoms with van der Waals surface area (Å²) in [5.41, 5.74) is 3.41. The van der Waals surface area contributed by atoms with E-state index in [-0.39, 0.29) is 51.2 Å². The number of aromatic hydroxyl groups is 4.